The summed E-state index contributed by atoms with van der Waals surface area (Å²) in [5, 5.41) is 2.71. The van der Waals surface area contributed by atoms with Crippen molar-refractivity contribution in [2.24, 2.45) is 4.99 Å². The summed E-state index contributed by atoms with van der Waals surface area (Å²) in [7, 11) is 0. The van der Waals surface area contributed by atoms with Gasteiger partial charge in [0.2, 0.25) is 5.91 Å². The number of anilines is 2. The van der Waals surface area contributed by atoms with Gasteiger partial charge in [-0.1, -0.05) is 12.1 Å². The number of halogens is 1. The monoisotopic (exact) mass is 400 g/mol. The average molecular weight is 400 g/mol. The minimum atomic E-state index is -0.710. The molecule has 0 spiro atoms. The number of fused-ring (bicyclic) bond motifs is 1. The zero-order valence-corrected chi connectivity index (χ0v) is 16.3. The average Bonchev–Trinajstić information content (AvgIpc) is 3.39. The number of nitrogens with one attached hydrogen (secondary N) is 1. The van der Waals surface area contributed by atoms with Crippen LogP contribution in [0.2, 0.25) is 0 Å². The molecule has 150 valence electrons. The van der Waals surface area contributed by atoms with Crippen molar-refractivity contribution >= 4 is 29.2 Å². The number of benzene rings is 2. The van der Waals surface area contributed by atoms with Gasteiger partial charge in [-0.3, -0.25) is 14.8 Å². The Balaban J connectivity index is 1.28. The molecule has 1 saturated heterocycles. The van der Waals surface area contributed by atoms with Gasteiger partial charge in [0.1, 0.15) is 11.7 Å². The lowest BCUT2D eigenvalue weighted by atomic mass is 10.0. The van der Waals surface area contributed by atoms with Gasteiger partial charge in [-0.05, 0) is 55.0 Å². The van der Waals surface area contributed by atoms with E-state index in [4.69, 9.17) is 0 Å². The Morgan fingerprint density at radius 1 is 1.10 bits per heavy atom. The second kappa shape index (κ2) is 7.71. The summed E-state index contributed by atoms with van der Waals surface area (Å²) in [6, 6.07) is 18.6. The number of nitrogens with zero attached hydrogens (tertiary/aromatic N) is 3. The van der Waals surface area contributed by atoms with Crippen LogP contribution < -0.4 is 10.2 Å². The van der Waals surface area contributed by atoms with E-state index in [1.807, 2.05) is 42.6 Å². The third-order valence-electron chi connectivity index (χ3n) is 5.79. The molecule has 5 rings (SSSR count). The zero-order chi connectivity index (χ0) is 20.5. The second-order valence-corrected chi connectivity index (χ2v) is 7.65. The van der Waals surface area contributed by atoms with E-state index < -0.39 is 11.7 Å². The molecule has 2 aromatic carbocycles. The molecule has 5 nitrogen and oxygen atoms in total. The van der Waals surface area contributed by atoms with Crippen LogP contribution in [0.5, 0.6) is 0 Å². The summed E-state index contributed by atoms with van der Waals surface area (Å²) < 4.78 is 14.2. The fraction of sp³-hybridized carbons (Fsp3) is 0.208. The fourth-order valence-corrected chi connectivity index (χ4v) is 4.21. The maximum atomic E-state index is 14.2. The van der Waals surface area contributed by atoms with Crippen molar-refractivity contribution in [3.63, 3.8) is 0 Å². The molecule has 6 heteroatoms. The van der Waals surface area contributed by atoms with Crippen LogP contribution in [0.4, 0.5) is 21.5 Å². The first-order chi connectivity index (χ1) is 14.7. The van der Waals surface area contributed by atoms with E-state index in [-0.39, 0.29) is 5.91 Å². The highest BCUT2D eigenvalue weighted by Crippen LogP contribution is 2.34. The van der Waals surface area contributed by atoms with Gasteiger partial charge in [-0.25, -0.2) is 4.39 Å². The molecule has 2 aliphatic rings. The van der Waals surface area contributed by atoms with Crippen LogP contribution in [0.15, 0.2) is 71.9 Å². The van der Waals surface area contributed by atoms with Crippen LogP contribution in [0.25, 0.3) is 0 Å². The Hall–Kier alpha value is -3.54. The molecule has 2 atom stereocenters. The Labute approximate surface area is 174 Å². The van der Waals surface area contributed by atoms with Crippen molar-refractivity contribution in [2.75, 3.05) is 23.3 Å². The first-order valence-corrected chi connectivity index (χ1v) is 10.1. The quantitative estimate of drug-likeness (QED) is 0.649. The number of rotatable bonds is 4. The lowest BCUT2D eigenvalue weighted by molar-refractivity contribution is -0.115. The summed E-state index contributed by atoms with van der Waals surface area (Å²) in [5.74, 6) is -0.916. The van der Waals surface area contributed by atoms with Crippen LogP contribution in [-0.4, -0.2) is 30.2 Å². The van der Waals surface area contributed by atoms with E-state index in [0.717, 1.165) is 36.6 Å². The third kappa shape index (κ3) is 3.45. The van der Waals surface area contributed by atoms with Gasteiger partial charge >= 0.3 is 0 Å². The van der Waals surface area contributed by atoms with Crippen molar-refractivity contribution in [1.82, 2.24) is 4.98 Å². The minimum absolute atomic E-state index is 0.256. The van der Waals surface area contributed by atoms with Gasteiger partial charge < -0.3 is 10.2 Å². The molecular formula is C24H21FN4O. The molecule has 1 N–H and O–H groups in total. The molecule has 1 amide bonds. The Morgan fingerprint density at radius 2 is 1.97 bits per heavy atom. The lowest BCUT2D eigenvalue weighted by Gasteiger charge is -2.18. The standard InChI is InChI=1S/C24H21FN4O/c25-20-4-3-6-22-23(20)19(24(30)28-22)14-27-17-7-9-18(10-8-17)29-13-11-16(15-29)21-5-1-2-12-26-21/h1-10,12,14,16,19H,11,13,15H2,(H,28,30). The molecule has 3 aromatic rings. The van der Waals surface area contributed by atoms with Crippen LogP contribution in [0, 0.1) is 5.82 Å². The van der Waals surface area contributed by atoms with Crippen LogP contribution in [-0.2, 0) is 4.79 Å². The lowest BCUT2D eigenvalue weighted by Crippen LogP contribution is -2.19. The Kier molecular flexibility index (Phi) is 4.75. The molecule has 0 radical (unpaired) electrons. The maximum absolute atomic E-state index is 14.2. The van der Waals surface area contributed by atoms with Gasteiger partial charge in [0, 0.05) is 54.1 Å². The largest absolute Gasteiger partial charge is 0.371 e. The fourth-order valence-electron chi connectivity index (χ4n) is 4.21. The molecular weight excluding hydrogens is 379 g/mol. The van der Waals surface area contributed by atoms with E-state index in [1.165, 1.54) is 12.3 Å². The molecule has 2 aliphatic heterocycles. The summed E-state index contributed by atoms with van der Waals surface area (Å²) in [5.41, 5.74) is 3.89. The van der Waals surface area contributed by atoms with Crippen molar-refractivity contribution in [2.45, 2.75) is 18.3 Å². The van der Waals surface area contributed by atoms with Crippen LogP contribution in [0.1, 0.15) is 29.5 Å². The van der Waals surface area contributed by atoms with Crippen LogP contribution >= 0.6 is 0 Å². The molecule has 0 aliphatic carbocycles. The van der Waals surface area contributed by atoms with Gasteiger partial charge in [-0.2, -0.15) is 0 Å². The van der Waals surface area contributed by atoms with Gasteiger partial charge in [0.25, 0.3) is 0 Å². The molecule has 0 bridgehead atoms. The smallest absolute Gasteiger partial charge is 0.237 e. The number of pyridine rings is 1. The highest BCUT2D eigenvalue weighted by atomic mass is 19.1. The maximum Gasteiger partial charge on any atom is 0.237 e. The number of aliphatic imine (C=N–C) groups is 1. The second-order valence-electron chi connectivity index (χ2n) is 7.65. The van der Waals surface area contributed by atoms with Gasteiger partial charge in [-0.15, -0.1) is 0 Å². The number of hydrogen-bond acceptors (Lipinski definition) is 4. The van der Waals surface area contributed by atoms with Crippen molar-refractivity contribution in [3.05, 3.63) is 83.9 Å². The topological polar surface area (TPSA) is 57.6 Å². The number of carbonyl (C=O) groups excluding carboxylic acids is 1. The first-order valence-electron chi connectivity index (χ1n) is 10.1. The number of carbonyl (C=O) groups is 1. The number of hydrogen-bond donors (Lipinski definition) is 1. The number of aromatic nitrogens is 1. The highest BCUT2D eigenvalue weighted by molar-refractivity contribution is 6.12. The van der Waals surface area contributed by atoms with Gasteiger partial charge in [0.15, 0.2) is 0 Å². The minimum Gasteiger partial charge on any atom is -0.371 e. The SMILES string of the molecule is O=C1Nc2cccc(F)c2C1C=Nc1ccc(N2CCC(c3ccccn3)C2)cc1. The normalized spacial score (nSPS) is 20.6. The zero-order valence-electron chi connectivity index (χ0n) is 16.3. The molecule has 0 saturated carbocycles. The molecule has 2 unspecified atom stereocenters. The van der Waals surface area contributed by atoms with Crippen molar-refractivity contribution in [3.8, 4) is 0 Å². The summed E-state index contributed by atoms with van der Waals surface area (Å²) in [6.45, 7) is 1.93. The predicted molar refractivity (Wildman–Crippen MR) is 116 cm³/mol. The summed E-state index contributed by atoms with van der Waals surface area (Å²) in [4.78, 5) is 23.5. The highest BCUT2D eigenvalue weighted by Gasteiger charge is 2.32. The molecule has 1 aromatic heterocycles. The van der Waals surface area contributed by atoms with E-state index in [1.54, 1.807) is 12.1 Å². The van der Waals surface area contributed by atoms with Crippen LogP contribution in [0.3, 0.4) is 0 Å². The predicted octanol–water partition coefficient (Wildman–Crippen LogP) is 4.65. The first kappa shape index (κ1) is 18.5. The third-order valence-corrected chi connectivity index (χ3v) is 5.79. The van der Waals surface area contributed by atoms with Crippen molar-refractivity contribution < 1.29 is 9.18 Å². The van der Waals surface area contributed by atoms with E-state index in [0.29, 0.717) is 17.2 Å². The summed E-state index contributed by atoms with van der Waals surface area (Å²) >= 11 is 0. The Morgan fingerprint density at radius 3 is 2.77 bits per heavy atom. The van der Waals surface area contributed by atoms with E-state index >= 15 is 0 Å². The van der Waals surface area contributed by atoms with E-state index in [9.17, 15) is 9.18 Å². The number of amides is 1. The Bertz CT molecular complexity index is 1100. The molecule has 1 fully saturated rings. The summed E-state index contributed by atoms with van der Waals surface area (Å²) in [6.07, 6.45) is 4.45. The van der Waals surface area contributed by atoms with E-state index in [2.05, 4.69) is 26.3 Å². The molecule has 30 heavy (non-hydrogen) atoms. The molecule has 3 heterocycles. The van der Waals surface area contributed by atoms with Crippen molar-refractivity contribution in [1.29, 1.82) is 0 Å². The van der Waals surface area contributed by atoms with Gasteiger partial charge in [0.05, 0.1) is 5.69 Å².